The van der Waals surface area contributed by atoms with E-state index >= 15 is 0 Å². The molecule has 134 valence electrons. The summed E-state index contributed by atoms with van der Waals surface area (Å²) in [7, 11) is -3.61. The van der Waals surface area contributed by atoms with E-state index in [1.165, 1.54) is 12.1 Å². The Bertz CT molecular complexity index is 815. The fourth-order valence-corrected chi connectivity index (χ4v) is 3.43. The highest BCUT2D eigenvalue weighted by Crippen LogP contribution is 2.15. The van der Waals surface area contributed by atoms with E-state index in [0.717, 1.165) is 24.8 Å². The first-order chi connectivity index (χ1) is 11.9. The van der Waals surface area contributed by atoms with Crippen LogP contribution in [0.1, 0.15) is 42.1 Å². The average Bonchev–Trinajstić information content (AvgIpc) is 2.61. The van der Waals surface area contributed by atoms with Crippen molar-refractivity contribution in [2.75, 3.05) is 11.9 Å². The number of sulfonamides is 1. The highest BCUT2D eigenvalue weighted by atomic mass is 32.2. The third-order valence-electron chi connectivity index (χ3n) is 3.79. The number of unbranched alkanes of at least 4 members (excludes halogenated alkanes) is 2. The first-order valence-corrected chi connectivity index (χ1v) is 9.88. The Morgan fingerprint density at radius 2 is 1.76 bits per heavy atom. The fourth-order valence-electron chi connectivity index (χ4n) is 2.31. The molecule has 0 saturated heterocycles. The summed E-state index contributed by atoms with van der Waals surface area (Å²) in [6.45, 7) is 4.42. The van der Waals surface area contributed by atoms with E-state index in [9.17, 15) is 13.2 Å². The summed E-state index contributed by atoms with van der Waals surface area (Å²) in [5, 5.41) is 2.77. The lowest BCUT2D eigenvalue weighted by Crippen LogP contribution is -2.25. The quantitative estimate of drug-likeness (QED) is 0.705. The number of amides is 1. The van der Waals surface area contributed by atoms with Gasteiger partial charge in [-0.3, -0.25) is 4.79 Å². The molecule has 6 heteroatoms. The molecular weight excluding hydrogens is 336 g/mol. The van der Waals surface area contributed by atoms with Gasteiger partial charge in [-0.15, -0.1) is 0 Å². The number of carbonyl (C=O) groups excluding carboxylic acids is 1. The molecule has 0 fully saturated rings. The zero-order valence-corrected chi connectivity index (χ0v) is 15.4. The van der Waals surface area contributed by atoms with Crippen molar-refractivity contribution in [3.05, 3.63) is 59.7 Å². The molecule has 0 atom stereocenters. The van der Waals surface area contributed by atoms with E-state index in [1.54, 1.807) is 12.1 Å². The maximum absolute atomic E-state index is 12.4. The molecule has 2 aromatic carbocycles. The van der Waals surface area contributed by atoms with Crippen LogP contribution in [0.15, 0.2) is 53.4 Å². The number of nitrogens with one attached hydrogen (secondary N) is 2. The zero-order chi connectivity index (χ0) is 18.3. The third kappa shape index (κ3) is 5.69. The Labute approximate surface area is 149 Å². The molecule has 0 radical (unpaired) electrons. The molecular formula is C19H24N2O3S. The summed E-state index contributed by atoms with van der Waals surface area (Å²) >= 11 is 0. The molecule has 0 aliphatic rings. The number of carbonyl (C=O) groups is 1. The van der Waals surface area contributed by atoms with Crippen molar-refractivity contribution in [1.82, 2.24) is 4.72 Å². The minimum Gasteiger partial charge on any atom is -0.322 e. The second-order valence-electron chi connectivity index (χ2n) is 5.95. The van der Waals surface area contributed by atoms with Crippen LogP contribution in [-0.4, -0.2) is 20.9 Å². The Balaban J connectivity index is 2.09. The lowest BCUT2D eigenvalue weighted by molar-refractivity contribution is 0.102. The van der Waals surface area contributed by atoms with E-state index < -0.39 is 10.0 Å². The molecule has 0 unspecified atom stereocenters. The summed E-state index contributed by atoms with van der Waals surface area (Å²) in [6, 6.07) is 13.5. The molecule has 0 aromatic heterocycles. The van der Waals surface area contributed by atoms with Crippen LogP contribution in [0.3, 0.4) is 0 Å². The lowest BCUT2D eigenvalue weighted by Gasteiger charge is -2.09. The smallest absolute Gasteiger partial charge is 0.255 e. The molecule has 0 heterocycles. The third-order valence-corrected chi connectivity index (χ3v) is 5.25. The number of benzene rings is 2. The van der Waals surface area contributed by atoms with E-state index in [0.29, 0.717) is 17.8 Å². The van der Waals surface area contributed by atoms with Gasteiger partial charge in [-0.25, -0.2) is 13.1 Å². The van der Waals surface area contributed by atoms with Crippen LogP contribution in [0.4, 0.5) is 5.69 Å². The van der Waals surface area contributed by atoms with E-state index in [2.05, 4.69) is 17.0 Å². The second kappa shape index (κ2) is 8.78. The number of hydrogen-bond donors (Lipinski definition) is 2. The van der Waals surface area contributed by atoms with Crippen molar-refractivity contribution in [3.63, 3.8) is 0 Å². The van der Waals surface area contributed by atoms with Crippen LogP contribution in [-0.2, 0) is 10.0 Å². The van der Waals surface area contributed by atoms with Gasteiger partial charge in [-0.1, -0.05) is 43.5 Å². The van der Waals surface area contributed by atoms with Gasteiger partial charge >= 0.3 is 0 Å². The summed E-state index contributed by atoms with van der Waals surface area (Å²) in [5.74, 6) is -0.341. The predicted molar refractivity (Wildman–Crippen MR) is 100 cm³/mol. The first kappa shape index (κ1) is 19.1. The van der Waals surface area contributed by atoms with Gasteiger partial charge in [0.2, 0.25) is 10.0 Å². The Morgan fingerprint density at radius 1 is 1.04 bits per heavy atom. The molecule has 5 nitrogen and oxygen atoms in total. The summed E-state index contributed by atoms with van der Waals surface area (Å²) in [5.41, 5.74) is 2.07. The van der Waals surface area contributed by atoms with Gasteiger partial charge in [-0.05, 0) is 43.7 Å². The normalized spacial score (nSPS) is 11.3. The van der Waals surface area contributed by atoms with Crippen molar-refractivity contribution >= 4 is 21.6 Å². The van der Waals surface area contributed by atoms with Crippen molar-refractivity contribution < 1.29 is 13.2 Å². The fraction of sp³-hybridized carbons (Fsp3) is 0.316. The maximum Gasteiger partial charge on any atom is 0.255 e. The van der Waals surface area contributed by atoms with Crippen LogP contribution in [0, 0.1) is 6.92 Å². The topological polar surface area (TPSA) is 75.3 Å². The zero-order valence-electron chi connectivity index (χ0n) is 14.6. The van der Waals surface area contributed by atoms with E-state index in [1.807, 2.05) is 31.2 Å². The molecule has 0 aliphatic carbocycles. The Morgan fingerprint density at radius 3 is 2.44 bits per heavy atom. The molecule has 0 spiro atoms. The molecule has 2 rings (SSSR count). The first-order valence-electron chi connectivity index (χ1n) is 8.40. The van der Waals surface area contributed by atoms with Gasteiger partial charge < -0.3 is 5.32 Å². The van der Waals surface area contributed by atoms with Crippen molar-refractivity contribution in [2.45, 2.75) is 38.0 Å². The van der Waals surface area contributed by atoms with Crippen molar-refractivity contribution in [2.24, 2.45) is 0 Å². The number of anilines is 1. The summed E-state index contributed by atoms with van der Waals surface area (Å²) < 4.78 is 27.2. The molecule has 1 amide bonds. The molecule has 0 bridgehead atoms. The number of aryl methyl sites for hydroxylation is 1. The molecule has 2 aromatic rings. The Kier molecular flexibility index (Phi) is 6.73. The minimum atomic E-state index is -3.61. The molecule has 2 N–H and O–H groups in total. The second-order valence-corrected chi connectivity index (χ2v) is 7.72. The van der Waals surface area contributed by atoms with Crippen LogP contribution in [0.2, 0.25) is 0 Å². The van der Waals surface area contributed by atoms with E-state index in [4.69, 9.17) is 0 Å². The average molecular weight is 360 g/mol. The standard InChI is InChI=1S/C19H24N2O3S/c1-3-4-5-13-20-25(23,24)18-8-6-7-16(14-18)19(22)21-17-11-9-15(2)10-12-17/h6-12,14,20H,3-5,13H2,1-2H3,(H,21,22). The molecule has 0 saturated carbocycles. The van der Waals surface area contributed by atoms with Crippen LogP contribution >= 0.6 is 0 Å². The van der Waals surface area contributed by atoms with Gasteiger partial charge in [0.15, 0.2) is 0 Å². The monoisotopic (exact) mass is 360 g/mol. The van der Waals surface area contributed by atoms with Gasteiger partial charge in [0.05, 0.1) is 4.90 Å². The largest absolute Gasteiger partial charge is 0.322 e. The predicted octanol–water partition coefficient (Wildman–Crippen LogP) is 3.72. The SMILES string of the molecule is CCCCCNS(=O)(=O)c1cccc(C(=O)Nc2ccc(C)cc2)c1. The van der Waals surface area contributed by atoms with Gasteiger partial charge in [0.25, 0.3) is 5.91 Å². The highest BCUT2D eigenvalue weighted by Gasteiger charge is 2.15. The molecule has 25 heavy (non-hydrogen) atoms. The van der Waals surface area contributed by atoms with Crippen molar-refractivity contribution in [3.8, 4) is 0 Å². The minimum absolute atomic E-state index is 0.0977. The summed E-state index contributed by atoms with van der Waals surface area (Å²) in [4.78, 5) is 12.4. The lowest BCUT2D eigenvalue weighted by atomic mass is 10.2. The van der Waals surface area contributed by atoms with E-state index in [-0.39, 0.29) is 10.8 Å². The van der Waals surface area contributed by atoms with Crippen LogP contribution in [0.5, 0.6) is 0 Å². The van der Waals surface area contributed by atoms with Crippen molar-refractivity contribution in [1.29, 1.82) is 0 Å². The number of rotatable bonds is 8. The highest BCUT2D eigenvalue weighted by molar-refractivity contribution is 7.89. The molecule has 0 aliphatic heterocycles. The van der Waals surface area contributed by atoms with Gasteiger partial charge in [-0.2, -0.15) is 0 Å². The maximum atomic E-state index is 12.4. The number of hydrogen-bond acceptors (Lipinski definition) is 3. The summed E-state index contributed by atoms with van der Waals surface area (Å²) in [6.07, 6.45) is 2.79. The van der Waals surface area contributed by atoms with Crippen LogP contribution in [0.25, 0.3) is 0 Å². The Hall–Kier alpha value is -2.18. The van der Waals surface area contributed by atoms with Gasteiger partial charge in [0.1, 0.15) is 0 Å². The van der Waals surface area contributed by atoms with Crippen LogP contribution < -0.4 is 10.0 Å². The van der Waals surface area contributed by atoms with Gasteiger partial charge in [0, 0.05) is 17.8 Å².